The van der Waals surface area contributed by atoms with E-state index in [0.717, 1.165) is 42.6 Å². The fourth-order valence-corrected chi connectivity index (χ4v) is 6.92. The lowest BCUT2D eigenvalue weighted by Gasteiger charge is -2.57. The van der Waals surface area contributed by atoms with Crippen LogP contribution in [-0.4, -0.2) is 31.5 Å². The highest BCUT2D eigenvalue weighted by Crippen LogP contribution is 2.55. The number of amides is 1. The number of halogens is 1. The van der Waals surface area contributed by atoms with E-state index in [1.807, 2.05) is 18.5 Å². The van der Waals surface area contributed by atoms with Crippen LogP contribution in [0.3, 0.4) is 0 Å². The summed E-state index contributed by atoms with van der Waals surface area (Å²) < 4.78 is 15.1. The molecule has 1 aromatic heterocycles. The van der Waals surface area contributed by atoms with Crippen LogP contribution in [0.25, 0.3) is 11.4 Å². The molecule has 0 aliphatic heterocycles. The Morgan fingerprint density at radius 1 is 1.14 bits per heavy atom. The summed E-state index contributed by atoms with van der Waals surface area (Å²) in [6, 6.07) is 6.21. The summed E-state index contributed by atoms with van der Waals surface area (Å²) in [6.45, 7) is 1.94. The van der Waals surface area contributed by atoms with Crippen LogP contribution < -0.4 is 5.32 Å². The van der Waals surface area contributed by atoms with Gasteiger partial charge >= 0.3 is 0 Å². The zero-order valence-electron chi connectivity index (χ0n) is 16.9. The number of hydrogen-bond donors (Lipinski definition) is 1. The normalized spacial score (nSPS) is 31.1. The van der Waals surface area contributed by atoms with Crippen LogP contribution in [-0.2, 0) is 11.8 Å². The average molecular weight is 415 g/mol. The number of thioether (sulfide) groups is 1. The maximum Gasteiger partial charge on any atom is 0.233 e. The predicted octanol–water partition coefficient (Wildman–Crippen LogP) is 4.19. The second-order valence-corrected chi connectivity index (χ2v) is 10.6. The Morgan fingerprint density at radius 2 is 1.72 bits per heavy atom. The van der Waals surface area contributed by atoms with E-state index in [0.29, 0.717) is 11.0 Å². The second-order valence-electron chi connectivity index (χ2n) is 9.32. The van der Waals surface area contributed by atoms with Crippen molar-refractivity contribution in [1.29, 1.82) is 0 Å². The van der Waals surface area contributed by atoms with Gasteiger partial charge in [0.15, 0.2) is 11.0 Å². The predicted molar refractivity (Wildman–Crippen MR) is 111 cm³/mol. The van der Waals surface area contributed by atoms with E-state index in [1.165, 1.54) is 43.2 Å². The van der Waals surface area contributed by atoms with E-state index in [4.69, 9.17) is 0 Å². The number of carbonyl (C=O) groups excluding carboxylic acids is 1. The Labute approximate surface area is 174 Å². The first-order valence-corrected chi connectivity index (χ1v) is 11.4. The van der Waals surface area contributed by atoms with Crippen LogP contribution in [0, 0.1) is 23.6 Å². The van der Waals surface area contributed by atoms with Gasteiger partial charge in [-0.05, 0) is 87.5 Å². The van der Waals surface area contributed by atoms with Crippen LogP contribution >= 0.6 is 11.8 Å². The maximum absolute atomic E-state index is 13.2. The molecule has 4 aliphatic carbocycles. The minimum Gasteiger partial charge on any atom is -0.350 e. The molecular formula is C22H27FN4OS. The topological polar surface area (TPSA) is 59.8 Å². The quantitative estimate of drug-likeness (QED) is 0.746. The van der Waals surface area contributed by atoms with E-state index >= 15 is 0 Å². The van der Waals surface area contributed by atoms with Gasteiger partial charge < -0.3 is 9.88 Å². The molecule has 4 aliphatic rings. The second kappa shape index (κ2) is 7.11. The van der Waals surface area contributed by atoms with Gasteiger partial charge in [0, 0.05) is 18.2 Å². The summed E-state index contributed by atoms with van der Waals surface area (Å²) >= 11 is 1.43. The molecule has 1 N–H and O–H groups in total. The summed E-state index contributed by atoms with van der Waals surface area (Å²) in [5.41, 5.74) is 0.832. The van der Waals surface area contributed by atoms with Gasteiger partial charge in [0.05, 0.1) is 5.25 Å². The SMILES string of the molecule is CC(Sc1nnc(-c2ccc(F)cc2)n1C)C(=O)NC12CC3CC(CC(C3)C1)C2. The Bertz CT molecular complexity index is 890. The molecule has 7 heteroatoms. The van der Waals surface area contributed by atoms with Gasteiger partial charge in [0.2, 0.25) is 5.91 Å². The molecule has 1 unspecified atom stereocenters. The van der Waals surface area contributed by atoms with Crippen molar-refractivity contribution in [3.63, 3.8) is 0 Å². The Hall–Kier alpha value is -1.89. The molecule has 29 heavy (non-hydrogen) atoms. The number of hydrogen-bond acceptors (Lipinski definition) is 4. The van der Waals surface area contributed by atoms with Gasteiger partial charge in [-0.15, -0.1) is 10.2 Å². The Kier molecular flexibility index (Phi) is 4.68. The first kappa shape index (κ1) is 19.1. The molecule has 1 heterocycles. The van der Waals surface area contributed by atoms with Crippen LogP contribution in [0.5, 0.6) is 0 Å². The van der Waals surface area contributed by atoms with E-state index in [1.54, 1.807) is 12.1 Å². The molecule has 0 spiro atoms. The number of nitrogens with one attached hydrogen (secondary N) is 1. The van der Waals surface area contributed by atoms with Gasteiger partial charge in [-0.25, -0.2) is 4.39 Å². The summed E-state index contributed by atoms with van der Waals surface area (Å²) in [4.78, 5) is 13.0. The molecule has 1 atom stereocenters. The van der Waals surface area contributed by atoms with Crippen molar-refractivity contribution in [2.75, 3.05) is 0 Å². The van der Waals surface area contributed by atoms with Crippen LogP contribution in [0.1, 0.15) is 45.4 Å². The number of benzene rings is 1. The maximum atomic E-state index is 13.2. The van der Waals surface area contributed by atoms with Crippen molar-refractivity contribution >= 4 is 17.7 Å². The Balaban J connectivity index is 1.27. The van der Waals surface area contributed by atoms with Gasteiger partial charge in [0.25, 0.3) is 0 Å². The molecule has 4 saturated carbocycles. The van der Waals surface area contributed by atoms with Gasteiger partial charge in [0.1, 0.15) is 5.82 Å². The number of rotatable bonds is 5. The molecule has 4 fully saturated rings. The lowest BCUT2D eigenvalue weighted by molar-refractivity contribution is -0.126. The monoisotopic (exact) mass is 414 g/mol. The lowest BCUT2D eigenvalue weighted by Crippen LogP contribution is -2.60. The van der Waals surface area contributed by atoms with Crippen molar-refractivity contribution in [3.8, 4) is 11.4 Å². The third-order valence-electron chi connectivity index (χ3n) is 7.02. The lowest BCUT2D eigenvalue weighted by atomic mass is 9.53. The molecule has 2 aromatic rings. The highest BCUT2D eigenvalue weighted by molar-refractivity contribution is 8.00. The van der Waals surface area contributed by atoms with Crippen LogP contribution in [0.15, 0.2) is 29.4 Å². The van der Waals surface area contributed by atoms with Crippen molar-refractivity contribution in [2.24, 2.45) is 24.8 Å². The molecule has 0 saturated heterocycles. The fraction of sp³-hybridized carbons (Fsp3) is 0.591. The first-order chi connectivity index (χ1) is 13.9. The molecule has 1 amide bonds. The molecule has 4 bridgehead atoms. The third-order valence-corrected chi connectivity index (χ3v) is 8.15. The summed E-state index contributed by atoms with van der Waals surface area (Å²) in [7, 11) is 1.88. The molecule has 6 rings (SSSR count). The van der Waals surface area contributed by atoms with Gasteiger partial charge in [-0.2, -0.15) is 0 Å². The van der Waals surface area contributed by atoms with E-state index in [9.17, 15) is 9.18 Å². The van der Waals surface area contributed by atoms with Crippen molar-refractivity contribution < 1.29 is 9.18 Å². The standard InChI is InChI=1S/C22H27FN4OS/c1-13(20(28)24-22-10-14-7-15(11-22)9-16(8-14)12-22)29-21-26-25-19(27(21)2)17-3-5-18(23)6-4-17/h3-6,13-16H,7-12H2,1-2H3,(H,24,28). The highest BCUT2D eigenvalue weighted by atomic mass is 32.2. The van der Waals surface area contributed by atoms with Crippen molar-refractivity contribution in [2.45, 2.75) is 61.4 Å². The first-order valence-electron chi connectivity index (χ1n) is 10.5. The minimum absolute atomic E-state index is 0.0276. The third kappa shape index (κ3) is 3.58. The zero-order valence-corrected chi connectivity index (χ0v) is 17.7. The molecule has 5 nitrogen and oxygen atoms in total. The average Bonchev–Trinajstić information content (AvgIpc) is 3.01. The molecule has 1 aromatic carbocycles. The smallest absolute Gasteiger partial charge is 0.233 e. The summed E-state index contributed by atoms with van der Waals surface area (Å²) in [6.07, 6.45) is 7.56. The van der Waals surface area contributed by atoms with Crippen LogP contribution in [0.2, 0.25) is 0 Å². The van der Waals surface area contributed by atoms with E-state index in [2.05, 4.69) is 15.5 Å². The largest absolute Gasteiger partial charge is 0.350 e. The Morgan fingerprint density at radius 3 is 2.31 bits per heavy atom. The number of carbonyl (C=O) groups is 1. The fourth-order valence-electron chi connectivity index (χ4n) is 6.11. The van der Waals surface area contributed by atoms with Crippen molar-refractivity contribution in [3.05, 3.63) is 30.1 Å². The number of aromatic nitrogens is 3. The molecular weight excluding hydrogens is 387 g/mol. The van der Waals surface area contributed by atoms with E-state index < -0.39 is 0 Å². The zero-order chi connectivity index (χ0) is 20.2. The van der Waals surface area contributed by atoms with Gasteiger partial charge in [-0.1, -0.05) is 11.8 Å². The minimum atomic E-state index is -0.277. The number of nitrogens with zero attached hydrogens (tertiary/aromatic N) is 3. The molecule has 0 radical (unpaired) electrons. The van der Waals surface area contributed by atoms with Gasteiger partial charge in [-0.3, -0.25) is 4.79 Å². The van der Waals surface area contributed by atoms with Crippen molar-refractivity contribution in [1.82, 2.24) is 20.1 Å². The van der Waals surface area contributed by atoms with E-state index in [-0.39, 0.29) is 22.5 Å². The molecule has 154 valence electrons. The summed E-state index contributed by atoms with van der Waals surface area (Å²) in [5, 5.41) is 12.4. The van der Waals surface area contributed by atoms with Crippen LogP contribution in [0.4, 0.5) is 4.39 Å². The summed E-state index contributed by atoms with van der Waals surface area (Å²) in [5.74, 6) is 2.91. The highest BCUT2D eigenvalue weighted by Gasteiger charge is 2.51.